The van der Waals surface area contributed by atoms with Gasteiger partial charge in [0.15, 0.2) is 6.34 Å². The molecule has 1 aliphatic heterocycles. The number of nitrogens with zero attached hydrogens (tertiary/aromatic N) is 1. The lowest BCUT2D eigenvalue weighted by Crippen LogP contribution is -2.78. The second-order valence-electron chi connectivity index (χ2n) is 2.39. The Bertz CT molecular complexity index is 248. The fourth-order valence-electron chi connectivity index (χ4n) is 0.783. The molecule has 0 bridgehead atoms. The lowest BCUT2D eigenvalue weighted by Gasteiger charge is -2.00. The highest BCUT2D eigenvalue weighted by Gasteiger charge is 2.11. The van der Waals surface area contributed by atoms with Crippen molar-refractivity contribution in [2.75, 3.05) is 12.4 Å². The summed E-state index contributed by atoms with van der Waals surface area (Å²) in [5, 5.41) is 1.88. The van der Waals surface area contributed by atoms with E-state index in [-0.39, 0.29) is 18.3 Å². The van der Waals surface area contributed by atoms with Gasteiger partial charge in [-0.25, -0.2) is 0 Å². The van der Waals surface area contributed by atoms with Gasteiger partial charge in [-0.3, -0.25) is 10.1 Å². The summed E-state index contributed by atoms with van der Waals surface area (Å²) in [6.07, 6.45) is 1.69. The van der Waals surface area contributed by atoms with Gasteiger partial charge in [-0.05, 0) is 0 Å². The molecule has 0 radical (unpaired) electrons. The summed E-state index contributed by atoms with van der Waals surface area (Å²) in [7, 11) is 0. The second-order valence-corrected chi connectivity index (χ2v) is 2.71. The molecule has 12 heavy (non-hydrogen) atoms. The maximum Gasteiger partial charge on any atom is 0.316 e. The molecule has 0 saturated carbocycles. The molecular weight excluding hydrogens is 176 g/mol. The average molecular weight is 187 g/mol. The van der Waals surface area contributed by atoms with Crippen LogP contribution in [0.4, 0.5) is 0 Å². The Morgan fingerprint density at radius 2 is 2.58 bits per heavy atom. The molecule has 0 unspecified atom stereocenters. The molecule has 5 heteroatoms. The molecule has 1 rings (SSSR count). The topological polar surface area (TPSA) is 55.3 Å². The number of hydrogen-bond donors (Lipinski definition) is 2. The Morgan fingerprint density at radius 1 is 1.83 bits per heavy atom. The highest BCUT2D eigenvalue weighted by atomic mass is 32.1. The van der Waals surface area contributed by atoms with Gasteiger partial charge in [0.05, 0.1) is 5.75 Å². The molecule has 0 saturated heterocycles. The van der Waals surface area contributed by atoms with Gasteiger partial charge in [-0.2, -0.15) is 17.6 Å². The quantitative estimate of drug-likeness (QED) is 0.453. The maximum atomic E-state index is 10.7. The number of allylic oxidation sites excluding steroid dienone is 1. The zero-order valence-corrected chi connectivity index (χ0v) is 7.67. The summed E-state index contributed by atoms with van der Waals surface area (Å²) in [5.74, 6) is -0.208. The minimum atomic E-state index is -0.319. The molecule has 0 aromatic rings. The Kier molecular flexibility index (Phi) is 3.31. The molecule has 1 heterocycles. The van der Waals surface area contributed by atoms with Gasteiger partial charge in [0.1, 0.15) is 18.0 Å². The molecule has 0 atom stereocenters. The molecule has 0 fully saturated rings. The van der Waals surface area contributed by atoms with E-state index in [1.54, 1.807) is 6.34 Å². The van der Waals surface area contributed by atoms with E-state index >= 15 is 0 Å². The monoisotopic (exact) mass is 187 g/mol. The van der Waals surface area contributed by atoms with Crippen molar-refractivity contribution in [1.29, 1.82) is 0 Å². The number of carbonyl (C=O) groups excluding carboxylic acids is 1. The first-order chi connectivity index (χ1) is 5.74. The third kappa shape index (κ3) is 2.35. The number of thiol groups is 1. The summed E-state index contributed by atoms with van der Waals surface area (Å²) in [6, 6.07) is 0. The third-order valence-electron chi connectivity index (χ3n) is 1.51. The van der Waals surface area contributed by atoms with Gasteiger partial charge in [0.2, 0.25) is 0 Å². The SMILES string of the molecule is CC1=C(COC(=O)CS)N=C[NH2+]1. The van der Waals surface area contributed by atoms with Crippen LogP contribution in [-0.4, -0.2) is 24.7 Å². The van der Waals surface area contributed by atoms with Crippen LogP contribution in [0.1, 0.15) is 6.92 Å². The van der Waals surface area contributed by atoms with Crippen LogP contribution in [0.15, 0.2) is 16.4 Å². The van der Waals surface area contributed by atoms with Crippen molar-refractivity contribution in [3.05, 3.63) is 11.4 Å². The lowest BCUT2D eigenvalue weighted by atomic mass is 10.4. The predicted octanol–water partition coefficient (Wildman–Crippen LogP) is -0.704. The van der Waals surface area contributed by atoms with Crippen LogP contribution in [-0.2, 0) is 9.53 Å². The van der Waals surface area contributed by atoms with E-state index in [0.717, 1.165) is 11.4 Å². The molecular formula is C7H11N2O2S+. The summed E-state index contributed by atoms with van der Waals surface area (Å²) in [4.78, 5) is 14.7. The van der Waals surface area contributed by atoms with Crippen LogP contribution in [0.2, 0.25) is 0 Å². The van der Waals surface area contributed by atoms with E-state index in [4.69, 9.17) is 4.74 Å². The van der Waals surface area contributed by atoms with Crippen molar-refractivity contribution in [1.82, 2.24) is 0 Å². The maximum absolute atomic E-state index is 10.7. The molecule has 0 spiro atoms. The van der Waals surface area contributed by atoms with Gasteiger partial charge in [0.25, 0.3) is 0 Å². The summed E-state index contributed by atoms with van der Waals surface area (Å²) >= 11 is 3.78. The molecule has 1 aliphatic rings. The molecule has 0 amide bonds. The fourth-order valence-corrected chi connectivity index (χ4v) is 0.874. The first kappa shape index (κ1) is 9.28. The van der Waals surface area contributed by atoms with Crippen LogP contribution >= 0.6 is 12.6 Å². The fraction of sp³-hybridized carbons (Fsp3) is 0.429. The Labute approximate surface area is 76.1 Å². The first-order valence-corrected chi connectivity index (χ1v) is 4.21. The number of quaternary nitrogens is 1. The van der Waals surface area contributed by atoms with Crippen molar-refractivity contribution in [3.8, 4) is 0 Å². The zero-order chi connectivity index (χ0) is 8.97. The van der Waals surface area contributed by atoms with Crippen molar-refractivity contribution >= 4 is 24.9 Å². The van der Waals surface area contributed by atoms with Crippen LogP contribution in [0.3, 0.4) is 0 Å². The van der Waals surface area contributed by atoms with Crippen molar-refractivity contribution in [2.45, 2.75) is 6.92 Å². The molecule has 0 aromatic carbocycles. The molecule has 2 N–H and O–H groups in total. The normalized spacial score (nSPS) is 15.5. The molecule has 0 aromatic heterocycles. The van der Waals surface area contributed by atoms with E-state index in [2.05, 4.69) is 17.6 Å². The molecule has 4 nitrogen and oxygen atoms in total. The number of esters is 1. The van der Waals surface area contributed by atoms with Gasteiger partial charge < -0.3 is 4.74 Å². The van der Waals surface area contributed by atoms with Crippen LogP contribution in [0, 0.1) is 0 Å². The summed E-state index contributed by atoms with van der Waals surface area (Å²) in [5.41, 5.74) is 1.85. The van der Waals surface area contributed by atoms with Crippen molar-refractivity contribution < 1.29 is 14.8 Å². The van der Waals surface area contributed by atoms with Crippen LogP contribution < -0.4 is 5.32 Å². The first-order valence-electron chi connectivity index (χ1n) is 3.57. The number of ether oxygens (including phenoxy) is 1. The number of nitrogens with two attached hydrogens (primary N) is 1. The van der Waals surface area contributed by atoms with Gasteiger partial charge in [-0.1, -0.05) is 0 Å². The Balaban J connectivity index is 2.37. The highest BCUT2D eigenvalue weighted by Crippen LogP contribution is 2.02. The predicted molar refractivity (Wildman–Crippen MR) is 47.9 cm³/mol. The van der Waals surface area contributed by atoms with E-state index in [9.17, 15) is 4.79 Å². The Morgan fingerprint density at radius 3 is 3.08 bits per heavy atom. The van der Waals surface area contributed by atoms with E-state index in [1.165, 1.54) is 0 Å². The highest BCUT2D eigenvalue weighted by molar-refractivity contribution is 7.81. The number of hydrogen-bond acceptors (Lipinski definition) is 4. The van der Waals surface area contributed by atoms with Crippen molar-refractivity contribution in [2.24, 2.45) is 4.99 Å². The Hall–Kier alpha value is -0.810. The largest absolute Gasteiger partial charge is 0.458 e. The minimum absolute atomic E-state index is 0.111. The van der Waals surface area contributed by atoms with Gasteiger partial charge >= 0.3 is 5.97 Å². The summed E-state index contributed by atoms with van der Waals surface area (Å²) < 4.78 is 4.84. The van der Waals surface area contributed by atoms with Gasteiger partial charge in [-0.15, -0.1) is 0 Å². The summed E-state index contributed by atoms with van der Waals surface area (Å²) in [6.45, 7) is 2.18. The number of aliphatic imine (C=N–C) groups is 1. The zero-order valence-electron chi connectivity index (χ0n) is 6.78. The van der Waals surface area contributed by atoms with E-state index in [1.807, 2.05) is 12.2 Å². The standard InChI is InChI=1S/C7H10N2O2S/c1-5-6(9-4-8-5)2-11-7(10)3-12/h4,12H,2-3H2,1H3,(H,8,9)/p+1. The third-order valence-corrected chi connectivity index (χ3v) is 1.77. The molecule has 66 valence electrons. The van der Waals surface area contributed by atoms with Crippen molar-refractivity contribution in [3.63, 3.8) is 0 Å². The minimum Gasteiger partial charge on any atom is -0.458 e. The number of carbonyl (C=O) groups is 1. The van der Waals surface area contributed by atoms with Gasteiger partial charge in [0, 0.05) is 6.92 Å². The lowest BCUT2D eigenvalue weighted by molar-refractivity contribution is -0.470. The van der Waals surface area contributed by atoms with Crippen LogP contribution in [0.25, 0.3) is 0 Å². The van der Waals surface area contributed by atoms with E-state index in [0.29, 0.717) is 0 Å². The van der Waals surface area contributed by atoms with Crippen LogP contribution in [0.5, 0.6) is 0 Å². The number of rotatable bonds is 3. The van der Waals surface area contributed by atoms with E-state index < -0.39 is 0 Å². The molecule has 0 aliphatic carbocycles. The average Bonchev–Trinajstić information content (AvgIpc) is 2.47. The smallest absolute Gasteiger partial charge is 0.316 e. The second kappa shape index (κ2) is 4.27.